The average Bonchev–Trinajstić information content (AvgIpc) is 2.11. The first kappa shape index (κ1) is 12.4. The molecule has 0 radical (unpaired) electrons. The van der Waals surface area contributed by atoms with Gasteiger partial charge in [-0.1, -0.05) is 6.58 Å². The molecule has 0 aliphatic carbocycles. The van der Waals surface area contributed by atoms with Crippen LogP contribution in [-0.4, -0.2) is 45.1 Å². The van der Waals surface area contributed by atoms with E-state index in [2.05, 4.69) is 12.6 Å². The first-order valence-corrected chi connectivity index (χ1v) is 4.18. The number of nitriles is 1. The zero-order chi connectivity index (χ0) is 11.3. The van der Waals surface area contributed by atoms with Gasteiger partial charge in [0.15, 0.2) is 0 Å². The third-order valence-corrected chi connectivity index (χ3v) is 1.71. The van der Waals surface area contributed by atoms with Crippen LogP contribution in [0, 0.1) is 11.3 Å². The molecule has 0 bridgehead atoms. The average molecular weight is 195 g/mol. The van der Waals surface area contributed by atoms with Gasteiger partial charge in [-0.05, 0) is 0 Å². The molecule has 0 saturated heterocycles. The van der Waals surface area contributed by atoms with Crippen LogP contribution in [0.25, 0.3) is 0 Å². The van der Waals surface area contributed by atoms with Gasteiger partial charge in [0.1, 0.15) is 23.2 Å². The highest BCUT2D eigenvalue weighted by Crippen LogP contribution is 2.16. The standard InChI is InChI=1S/C10H17N3O/c1-8(14-6)9(7-11)10(12(2)3)13(4)5/h1H2,2-6H3. The van der Waals surface area contributed by atoms with E-state index < -0.39 is 0 Å². The quantitative estimate of drug-likeness (QED) is 0.381. The predicted octanol–water partition coefficient (Wildman–Crippen LogP) is 1.00. The second-order valence-electron chi connectivity index (χ2n) is 3.23. The lowest BCUT2D eigenvalue weighted by molar-refractivity contribution is 0.289. The summed E-state index contributed by atoms with van der Waals surface area (Å²) in [5.41, 5.74) is 0.447. The summed E-state index contributed by atoms with van der Waals surface area (Å²) in [6, 6.07) is 2.09. The number of allylic oxidation sites excluding steroid dienone is 1. The van der Waals surface area contributed by atoms with E-state index in [1.165, 1.54) is 7.11 Å². The van der Waals surface area contributed by atoms with Crippen LogP contribution in [0.2, 0.25) is 0 Å². The first-order chi connectivity index (χ1) is 6.45. The minimum atomic E-state index is 0.380. The summed E-state index contributed by atoms with van der Waals surface area (Å²) in [6.45, 7) is 3.67. The van der Waals surface area contributed by atoms with Gasteiger partial charge in [-0.2, -0.15) is 5.26 Å². The maximum absolute atomic E-state index is 8.99. The zero-order valence-electron chi connectivity index (χ0n) is 9.46. The third-order valence-electron chi connectivity index (χ3n) is 1.71. The number of rotatable bonds is 4. The van der Waals surface area contributed by atoms with Gasteiger partial charge in [0.2, 0.25) is 0 Å². The normalized spacial score (nSPS) is 8.57. The first-order valence-electron chi connectivity index (χ1n) is 4.18. The maximum atomic E-state index is 8.99. The van der Waals surface area contributed by atoms with E-state index in [1.807, 2.05) is 38.0 Å². The van der Waals surface area contributed by atoms with Gasteiger partial charge < -0.3 is 14.5 Å². The molecule has 0 spiro atoms. The molecule has 0 saturated carbocycles. The largest absolute Gasteiger partial charge is 0.496 e. The van der Waals surface area contributed by atoms with Crippen molar-refractivity contribution in [2.75, 3.05) is 35.3 Å². The minimum absolute atomic E-state index is 0.380. The molecular formula is C10H17N3O. The van der Waals surface area contributed by atoms with Gasteiger partial charge >= 0.3 is 0 Å². The maximum Gasteiger partial charge on any atom is 0.134 e. The molecular weight excluding hydrogens is 178 g/mol. The van der Waals surface area contributed by atoms with Crippen molar-refractivity contribution in [3.63, 3.8) is 0 Å². The highest BCUT2D eigenvalue weighted by molar-refractivity contribution is 5.39. The van der Waals surface area contributed by atoms with Crippen molar-refractivity contribution in [2.24, 2.45) is 0 Å². The lowest BCUT2D eigenvalue weighted by Gasteiger charge is -2.26. The summed E-state index contributed by atoms with van der Waals surface area (Å²) in [7, 11) is 8.99. The van der Waals surface area contributed by atoms with Gasteiger partial charge in [-0.25, -0.2) is 0 Å². The Morgan fingerprint density at radius 1 is 1.21 bits per heavy atom. The van der Waals surface area contributed by atoms with Crippen LogP contribution in [0.15, 0.2) is 23.7 Å². The molecule has 0 fully saturated rings. The van der Waals surface area contributed by atoms with Crippen LogP contribution in [0.4, 0.5) is 0 Å². The van der Waals surface area contributed by atoms with E-state index in [-0.39, 0.29) is 0 Å². The highest BCUT2D eigenvalue weighted by Gasteiger charge is 2.14. The third kappa shape index (κ3) is 2.70. The van der Waals surface area contributed by atoms with Gasteiger partial charge in [0.25, 0.3) is 0 Å². The Labute approximate surface area is 85.7 Å². The number of methoxy groups -OCH3 is 1. The van der Waals surface area contributed by atoms with Crippen molar-refractivity contribution in [1.82, 2.24) is 9.80 Å². The van der Waals surface area contributed by atoms with E-state index in [9.17, 15) is 0 Å². The number of hydrogen-bond donors (Lipinski definition) is 0. The lowest BCUT2D eigenvalue weighted by Crippen LogP contribution is -2.26. The molecule has 14 heavy (non-hydrogen) atoms. The Balaban J connectivity index is 5.34. The van der Waals surface area contributed by atoms with Gasteiger partial charge in [-0.15, -0.1) is 0 Å². The summed E-state index contributed by atoms with van der Waals surface area (Å²) >= 11 is 0. The second-order valence-corrected chi connectivity index (χ2v) is 3.23. The van der Waals surface area contributed by atoms with Crippen molar-refractivity contribution < 1.29 is 4.74 Å². The van der Waals surface area contributed by atoms with Crippen molar-refractivity contribution in [1.29, 1.82) is 5.26 Å². The molecule has 0 amide bonds. The van der Waals surface area contributed by atoms with Crippen molar-refractivity contribution in [3.05, 3.63) is 23.7 Å². The SMILES string of the molecule is C=C(OC)C(C#N)=C(N(C)C)N(C)C. The van der Waals surface area contributed by atoms with E-state index >= 15 is 0 Å². The van der Waals surface area contributed by atoms with E-state index in [1.54, 1.807) is 0 Å². The van der Waals surface area contributed by atoms with Crippen molar-refractivity contribution in [2.45, 2.75) is 0 Å². The van der Waals surface area contributed by atoms with Crippen LogP contribution in [0.3, 0.4) is 0 Å². The van der Waals surface area contributed by atoms with Gasteiger partial charge in [-0.3, -0.25) is 0 Å². The molecule has 0 rings (SSSR count). The Morgan fingerprint density at radius 2 is 1.64 bits per heavy atom. The van der Waals surface area contributed by atoms with Gasteiger partial charge in [0, 0.05) is 28.2 Å². The van der Waals surface area contributed by atoms with E-state index in [0.29, 0.717) is 11.3 Å². The summed E-state index contributed by atoms with van der Waals surface area (Å²) in [5, 5.41) is 8.99. The zero-order valence-corrected chi connectivity index (χ0v) is 9.46. The summed E-state index contributed by atoms with van der Waals surface area (Å²) in [5.74, 6) is 1.16. The molecule has 0 aliphatic rings. The molecule has 0 unspecified atom stereocenters. The van der Waals surface area contributed by atoms with Crippen LogP contribution in [0.5, 0.6) is 0 Å². The topological polar surface area (TPSA) is 39.5 Å². The molecule has 0 aromatic rings. The van der Waals surface area contributed by atoms with Crippen LogP contribution in [-0.2, 0) is 4.74 Å². The van der Waals surface area contributed by atoms with Crippen LogP contribution >= 0.6 is 0 Å². The van der Waals surface area contributed by atoms with Crippen molar-refractivity contribution in [3.8, 4) is 6.07 Å². The molecule has 0 N–H and O–H groups in total. The van der Waals surface area contributed by atoms with Crippen LogP contribution < -0.4 is 0 Å². The molecule has 0 aromatic heterocycles. The lowest BCUT2D eigenvalue weighted by atomic mass is 10.2. The van der Waals surface area contributed by atoms with Crippen LogP contribution in [0.1, 0.15) is 0 Å². The highest BCUT2D eigenvalue weighted by atomic mass is 16.5. The Kier molecular flexibility index (Phi) is 4.57. The van der Waals surface area contributed by atoms with E-state index in [4.69, 9.17) is 10.00 Å². The molecule has 0 atom stereocenters. The molecule has 0 heterocycles. The second kappa shape index (κ2) is 5.18. The van der Waals surface area contributed by atoms with E-state index in [0.717, 1.165) is 5.82 Å². The van der Waals surface area contributed by atoms with Gasteiger partial charge in [0.05, 0.1) is 7.11 Å². The molecule has 78 valence electrons. The molecule has 0 aromatic carbocycles. The summed E-state index contributed by atoms with van der Waals surface area (Å²) < 4.78 is 4.96. The Morgan fingerprint density at radius 3 is 1.86 bits per heavy atom. The number of ether oxygens (including phenoxy) is 1. The Bertz CT molecular complexity index is 274. The molecule has 4 heteroatoms. The fraction of sp³-hybridized carbons (Fsp3) is 0.500. The fourth-order valence-corrected chi connectivity index (χ4v) is 1.19. The number of hydrogen-bond acceptors (Lipinski definition) is 4. The number of nitrogens with zero attached hydrogens (tertiary/aromatic N) is 3. The van der Waals surface area contributed by atoms with Crippen molar-refractivity contribution >= 4 is 0 Å². The molecule has 4 nitrogen and oxygen atoms in total. The predicted molar refractivity (Wildman–Crippen MR) is 56.2 cm³/mol. The summed E-state index contributed by atoms with van der Waals surface area (Å²) in [4.78, 5) is 3.70. The Hall–Kier alpha value is -1.63. The fourth-order valence-electron chi connectivity index (χ4n) is 1.19. The molecule has 0 aliphatic heterocycles. The monoisotopic (exact) mass is 195 g/mol. The minimum Gasteiger partial charge on any atom is -0.496 e. The smallest absolute Gasteiger partial charge is 0.134 e. The summed E-state index contributed by atoms with van der Waals surface area (Å²) in [6.07, 6.45) is 0.